The Morgan fingerprint density at radius 1 is 0.875 bits per heavy atom. The average molecular weight is 456 g/mol. The van der Waals surface area contributed by atoms with E-state index in [-0.39, 0.29) is 24.5 Å². The van der Waals surface area contributed by atoms with Crippen molar-refractivity contribution >= 4 is 27.6 Å². The van der Waals surface area contributed by atoms with Crippen LogP contribution in [0.2, 0.25) is 0 Å². The summed E-state index contributed by atoms with van der Waals surface area (Å²) in [6.07, 6.45) is 1.01. The number of para-hydroxylation sites is 1. The molecule has 32 heavy (non-hydrogen) atoms. The Balaban J connectivity index is 1.51. The number of hydrogen-bond acceptors (Lipinski definition) is 4. The lowest BCUT2D eigenvalue weighted by molar-refractivity contribution is -0.116. The number of rotatable bonds is 4. The normalized spacial score (nSPS) is 18.6. The van der Waals surface area contributed by atoms with Crippen molar-refractivity contribution in [1.29, 1.82) is 0 Å². The first-order valence-corrected chi connectivity index (χ1v) is 12.3. The molecule has 2 aromatic rings. The van der Waals surface area contributed by atoms with E-state index < -0.39 is 10.0 Å². The van der Waals surface area contributed by atoms with Crippen LogP contribution in [0.25, 0.3) is 0 Å². The Labute approximate surface area is 189 Å². The van der Waals surface area contributed by atoms with Crippen molar-refractivity contribution in [2.24, 2.45) is 0 Å². The van der Waals surface area contributed by atoms with Crippen LogP contribution < -0.4 is 4.90 Å². The minimum absolute atomic E-state index is 0.0282. The first-order chi connectivity index (χ1) is 15.1. The molecule has 0 spiro atoms. The van der Waals surface area contributed by atoms with Crippen molar-refractivity contribution in [3.8, 4) is 0 Å². The number of carbonyl (C=O) groups is 2. The Morgan fingerprint density at radius 3 is 2.00 bits per heavy atom. The van der Waals surface area contributed by atoms with Gasteiger partial charge < -0.3 is 4.90 Å². The summed E-state index contributed by atoms with van der Waals surface area (Å²) in [4.78, 5) is 28.7. The molecule has 0 atom stereocenters. The van der Waals surface area contributed by atoms with E-state index in [4.69, 9.17) is 0 Å². The number of sulfonamides is 1. The lowest BCUT2D eigenvalue weighted by atomic mass is 10.0. The van der Waals surface area contributed by atoms with Gasteiger partial charge >= 0.3 is 6.03 Å². The summed E-state index contributed by atoms with van der Waals surface area (Å²) >= 11 is 0. The van der Waals surface area contributed by atoms with Crippen LogP contribution in [0.4, 0.5) is 10.5 Å². The van der Waals surface area contributed by atoms with Gasteiger partial charge in [0.1, 0.15) is 6.54 Å². The fraction of sp³-hybridized carbons (Fsp3) is 0.417. The second-order valence-electron chi connectivity index (χ2n) is 8.70. The topological polar surface area (TPSA) is 78.0 Å². The maximum Gasteiger partial charge on any atom is 0.332 e. The van der Waals surface area contributed by atoms with E-state index >= 15 is 0 Å². The van der Waals surface area contributed by atoms with E-state index in [1.807, 2.05) is 39.8 Å². The highest BCUT2D eigenvalue weighted by molar-refractivity contribution is 7.89. The maximum absolute atomic E-state index is 13.5. The van der Waals surface area contributed by atoms with E-state index in [0.29, 0.717) is 36.5 Å². The zero-order valence-electron chi connectivity index (χ0n) is 19.0. The van der Waals surface area contributed by atoms with E-state index in [0.717, 1.165) is 22.3 Å². The molecule has 2 heterocycles. The molecule has 7 nitrogen and oxygen atoms in total. The molecule has 8 heteroatoms. The van der Waals surface area contributed by atoms with Crippen molar-refractivity contribution in [1.82, 2.24) is 9.21 Å². The third-order valence-electron chi connectivity index (χ3n) is 6.77. The fourth-order valence-corrected chi connectivity index (χ4v) is 6.77. The van der Waals surface area contributed by atoms with Crippen LogP contribution in [0.3, 0.4) is 0 Å². The molecular formula is C24H29N3O4S. The molecule has 2 aliphatic rings. The number of carbonyl (C=O) groups excluding carboxylic acids is 2. The number of benzene rings is 2. The minimum Gasteiger partial charge on any atom is -0.312 e. The average Bonchev–Trinajstić information content (AvgIpc) is 3.07. The van der Waals surface area contributed by atoms with Gasteiger partial charge in [0.2, 0.25) is 10.0 Å². The van der Waals surface area contributed by atoms with Crippen molar-refractivity contribution in [3.05, 3.63) is 58.7 Å². The largest absolute Gasteiger partial charge is 0.332 e. The van der Waals surface area contributed by atoms with Gasteiger partial charge in [-0.05, 0) is 74.9 Å². The smallest absolute Gasteiger partial charge is 0.312 e. The van der Waals surface area contributed by atoms with Gasteiger partial charge in [0.05, 0.1) is 10.6 Å². The predicted molar refractivity (Wildman–Crippen MR) is 123 cm³/mol. The summed E-state index contributed by atoms with van der Waals surface area (Å²) in [6, 6.07) is 10.4. The van der Waals surface area contributed by atoms with E-state index in [1.165, 1.54) is 9.21 Å². The molecule has 0 unspecified atom stereocenters. The predicted octanol–water partition coefficient (Wildman–Crippen LogP) is 3.54. The van der Waals surface area contributed by atoms with Crippen LogP contribution in [0.1, 0.15) is 35.1 Å². The third kappa shape index (κ3) is 3.71. The monoisotopic (exact) mass is 455 g/mol. The van der Waals surface area contributed by atoms with Crippen molar-refractivity contribution in [3.63, 3.8) is 0 Å². The quantitative estimate of drug-likeness (QED) is 0.661. The summed E-state index contributed by atoms with van der Waals surface area (Å²) in [5.74, 6) is -0.252. The highest BCUT2D eigenvalue weighted by Crippen LogP contribution is 2.32. The van der Waals surface area contributed by atoms with Gasteiger partial charge in [-0.25, -0.2) is 18.1 Å². The molecule has 0 bridgehead atoms. The van der Waals surface area contributed by atoms with Gasteiger partial charge in [-0.3, -0.25) is 4.79 Å². The molecule has 3 amide bonds. The maximum atomic E-state index is 13.5. The van der Waals surface area contributed by atoms with Crippen LogP contribution in [-0.4, -0.2) is 55.2 Å². The molecule has 170 valence electrons. The van der Waals surface area contributed by atoms with Crippen LogP contribution in [-0.2, 0) is 14.8 Å². The molecule has 4 rings (SSSR count). The number of aryl methyl sites for hydroxylation is 2. The Morgan fingerprint density at radius 2 is 1.44 bits per heavy atom. The molecule has 2 aliphatic heterocycles. The van der Waals surface area contributed by atoms with Gasteiger partial charge in [0.25, 0.3) is 5.91 Å². The molecule has 0 aliphatic carbocycles. The van der Waals surface area contributed by atoms with E-state index in [9.17, 15) is 18.0 Å². The minimum atomic E-state index is -3.64. The summed E-state index contributed by atoms with van der Waals surface area (Å²) in [5.41, 5.74) is 4.06. The Kier molecular flexibility index (Phi) is 5.85. The molecule has 0 N–H and O–H groups in total. The fourth-order valence-electron chi connectivity index (χ4n) is 4.73. The highest BCUT2D eigenvalue weighted by Gasteiger charge is 2.42. The van der Waals surface area contributed by atoms with Gasteiger partial charge in [-0.1, -0.05) is 24.3 Å². The lowest BCUT2D eigenvalue weighted by Crippen LogP contribution is -2.48. The molecule has 0 saturated carbocycles. The first-order valence-electron chi connectivity index (χ1n) is 10.9. The molecule has 0 radical (unpaired) electrons. The van der Waals surface area contributed by atoms with Gasteiger partial charge in [0, 0.05) is 19.1 Å². The van der Waals surface area contributed by atoms with E-state index in [1.54, 1.807) is 29.2 Å². The number of imide groups is 1. The molecule has 2 saturated heterocycles. The number of piperidine rings is 1. The summed E-state index contributed by atoms with van der Waals surface area (Å²) in [7, 11) is -3.64. The number of amides is 3. The first kappa shape index (κ1) is 22.5. The molecule has 0 aromatic heterocycles. The van der Waals surface area contributed by atoms with Crippen molar-refractivity contribution in [2.45, 2.75) is 51.5 Å². The van der Waals surface area contributed by atoms with Crippen LogP contribution >= 0.6 is 0 Å². The lowest BCUT2D eigenvalue weighted by Gasteiger charge is -2.36. The Hall–Kier alpha value is -2.71. The zero-order valence-corrected chi connectivity index (χ0v) is 19.8. The zero-order chi connectivity index (χ0) is 23.2. The highest BCUT2D eigenvalue weighted by atomic mass is 32.2. The second-order valence-corrected chi connectivity index (χ2v) is 10.6. The van der Waals surface area contributed by atoms with Gasteiger partial charge in [-0.15, -0.1) is 0 Å². The molecule has 2 aromatic carbocycles. The standard InChI is InChI=1S/C24H29N3O4S/c1-16-14-17(2)19(4)23(18(16)3)32(30,31)25-12-10-20(11-13-25)26-15-22(28)27(24(26)29)21-8-6-5-7-9-21/h5-9,14,20H,10-13,15H2,1-4H3. The SMILES string of the molecule is Cc1cc(C)c(C)c(S(=O)(=O)N2CCC(N3CC(=O)N(c4ccccc4)C3=O)CC2)c1C. The number of nitrogens with zero attached hydrogens (tertiary/aromatic N) is 3. The van der Waals surface area contributed by atoms with E-state index in [2.05, 4.69) is 0 Å². The number of hydrogen-bond donors (Lipinski definition) is 0. The third-order valence-corrected chi connectivity index (χ3v) is 8.94. The summed E-state index contributed by atoms with van der Waals surface area (Å²) in [6.45, 7) is 8.25. The van der Waals surface area contributed by atoms with Crippen molar-refractivity contribution < 1.29 is 18.0 Å². The summed E-state index contributed by atoms with van der Waals surface area (Å²) in [5, 5.41) is 0. The molecule has 2 fully saturated rings. The van der Waals surface area contributed by atoms with Gasteiger partial charge in [0.15, 0.2) is 0 Å². The van der Waals surface area contributed by atoms with Crippen LogP contribution in [0, 0.1) is 27.7 Å². The van der Waals surface area contributed by atoms with Crippen LogP contribution in [0.5, 0.6) is 0 Å². The molecular weight excluding hydrogens is 426 g/mol. The number of urea groups is 1. The number of anilines is 1. The Bertz CT molecular complexity index is 1140. The van der Waals surface area contributed by atoms with Crippen molar-refractivity contribution in [2.75, 3.05) is 24.5 Å². The van der Waals surface area contributed by atoms with Crippen LogP contribution in [0.15, 0.2) is 41.3 Å². The second kappa shape index (κ2) is 8.33. The summed E-state index contributed by atoms with van der Waals surface area (Å²) < 4.78 is 28.5. The van der Waals surface area contributed by atoms with Gasteiger partial charge in [-0.2, -0.15) is 4.31 Å².